The summed E-state index contributed by atoms with van der Waals surface area (Å²) in [6.45, 7) is 3.91. The molecule has 3 N–H and O–H groups in total. The molecule has 1 saturated carbocycles. The summed E-state index contributed by atoms with van der Waals surface area (Å²) in [7, 11) is 0. The third-order valence-corrected chi connectivity index (χ3v) is 5.91. The summed E-state index contributed by atoms with van der Waals surface area (Å²) in [5, 5.41) is 16.1. The molecule has 0 saturated heterocycles. The van der Waals surface area contributed by atoms with Crippen LogP contribution in [-0.2, 0) is 9.63 Å². The molecule has 1 fully saturated rings. The second-order valence-corrected chi connectivity index (χ2v) is 8.19. The second-order valence-electron chi connectivity index (χ2n) is 8.19. The lowest BCUT2D eigenvalue weighted by Crippen LogP contribution is -2.43. The molecular formula is C23H26N4O4. The van der Waals surface area contributed by atoms with Crippen molar-refractivity contribution in [1.82, 2.24) is 15.8 Å². The van der Waals surface area contributed by atoms with Crippen LogP contribution in [-0.4, -0.2) is 33.8 Å². The summed E-state index contributed by atoms with van der Waals surface area (Å²) in [6, 6.07) is 11.0. The summed E-state index contributed by atoms with van der Waals surface area (Å²) in [5.74, 6) is -1.09. The lowest BCUT2D eigenvalue weighted by Gasteiger charge is -2.19. The minimum Gasteiger partial charge on any atom is -0.387 e. The molecule has 8 nitrogen and oxygen atoms in total. The third-order valence-electron chi connectivity index (χ3n) is 5.91. The molecule has 8 heteroatoms. The maximum absolute atomic E-state index is 12.6. The molecule has 31 heavy (non-hydrogen) atoms. The molecule has 3 atom stereocenters. The van der Waals surface area contributed by atoms with Gasteiger partial charge in [-0.1, -0.05) is 23.7 Å². The first-order chi connectivity index (χ1) is 14.9. The molecule has 1 aliphatic heterocycles. The summed E-state index contributed by atoms with van der Waals surface area (Å²) >= 11 is 0. The Morgan fingerprint density at radius 1 is 1.10 bits per heavy atom. The van der Waals surface area contributed by atoms with Crippen molar-refractivity contribution in [3.8, 4) is 0 Å². The van der Waals surface area contributed by atoms with Crippen molar-refractivity contribution in [2.24, 2.45) is 11.1 Å². The zero-order valence-corrected chi connectivity index (χ0v) is 17.6. The Hall–Kier alpha value is -3.26. The molecule has 2 amide bonds. The fraction of sp³-hybridized carbons (Fsp3) is 0.391. The highest BCUT2D eigenvalue weighted by Crippen LogP contribution is 2.30. The Labute approximate surface area is 180 Å². The molecule has 2 heterocycles. The van der Waals surface area contributed by atoms with Crippen LogP contribution in [0.3, 0.4) is 0 Å². The zero-order valence-electron chi connectivity index (χ0n) is 17.6. The van der Waals surface area contributed by atoms with Gasteiger partial charge in [0.1, 0.15) is 0 Å². The molecular weight excluding hydrogens is 396 g/mol. The fourth-order valence-corrected chi connectivity index (χ4v) is 4.36. The number of carbonyl (C=O) groups is 2. The Balaban J connectivity index is 1.38. The molecule has 0 radical (unpaired) electrons. The minimum atomic E-state index is -0.452. The van der Waals surface area contributed by atoms with Crippen LogP contribution in [0, 0.1) is 19.8 Å². The Morgan fingerprint density at radius 2 is 1.81 bits per heavy atom. The number of aryl methyl sites for hydroxylation is 2. The first-order valence-electron chi connectivity index (χ1n) is 10.5. The molecule has 162 valence electrons. The highest BCUT2D eigenvalue weighted by atomic mass is 16.6. The van der Waals surface area contributed by atoms with Crippen LogP contribution in [0.4, 0.5) is 0 Å². The standard InChI is InChI=1S/C23H26N4O4/c1-13-10-17(11-14(2)24-13)20-12-21(31-27-20)15-6-8-16(9-7-15)22(28)25-19-5-3-4-18(19)23(29)26-30/h6-11,18-19,21,30H,3-5,12H2,1-2H3,(H,25,28)(H,26,29)/t18-,19+,21?/m0/s1. The van der Waals surface area contributed by atoms with Gasteiger partial charge in [-0.15, -0.1) is 0 Å². The number of hydrogen-bond acceptors (Lipinski definition) is 6. The number of hydrogen-bond donors (Lipinski definition) is 3. The number of nitrogens with one attached hydrogen (secondary N) is 2. The SMILES string of the molecule is Cc1cc(C2=NOC(c3ccc(C(=O)N[C@@H]4CCC[C@@H]4C(=O)NO)cc3)C2)cc(C)n1. The smallest absolute Gasteiger partial charge is 0.251 e. The Bertz CT molecular complexity index is 998. The lowest BCUT2D eigenvalue weighted by molar-refractivity contribution is -0.133. The highest BCUT2D eigenvalue weighted by molar-refractivity contribution is 6.01. The van der Waals surface area contributed by atoms with Crippen LogP contribution < -0.4 is 10.8 Å². The lowest BCUT2D eigenvalue weighted by atomic mass is 9.98. The predicted octanol–water partition coefficient (Wildman–Crippen LogP) is 2.97. The van der Waals surface area contributed by atoms with Crippen LogP contribution in [0.15, 0.2) is 41.6 Å². The van der Waals surface area contributed by atoms with Gasteiger partial charge in [0.2, 0.25) is 5.91 Å². The van der Waals surface area contributed by atoms with E-state index in [9.17, 15) is 9.59 Å². The topological polar surface area (TPSA) is 113 Å². The van der Waals surface area contributed by atoms with Gasteiger partial charge in [-0.2, -0.15) is 0 Å². The van der Waals surface area contributed by atoms with Crippen LogP contribution in [0.2, 0.25) is 0 Å². The number of amides is 2. The molecule has 1 aromatic carbocycles. The van der Waals surface area contributed by atoms with Gasteiger partial charge in [0.25, 0.3) is 5.91 Å². The second kappa shape index (κ2) is 8.85. The largest absolute Gasteiger partial charge is 0.387 e. The van der Waals surface area contributed by atoms with Crippen LogP contribution in [0.5, 0.6) is 0 Å². The van der Waals surface area contributed by atoms with Crippen molar-refractivity contribution in [3.05, 3.63) is 64.5 Å². The van der Waals surface area contributed by atoms with Crippen molar-refractivity contribution in [1.29, 1.82) is 0 Å². The molecule has 1 unspecified atom stereocenters. The third kappa shape index (κ3) is 4.59. The van der Waals surface area contributed by atoms with E-state index >= 15 is 0 Å². The van der Waals surface area contributed by atoms with Gasteiger partial charge in [0, 0.05) is 35.0 Å². The van der Waals surface area contributed by atoms with E-state index in [4.69, 9.17) is 10.0 Å². The molecule has 2 aromatic rings. The number of pyridine rings is 1. The fourth-order valence-electron chi connectivity index (χ4n) is 4.36. The molecule has 1 aromatic heterocycles. The summed E-state index contributed by atoms with van der Waals surface area (Å²) < 4.78 is 0. The number of nitrogens with zero attached hydrogens (tertiary/aromatic N) is 2. The van der Waals surface area contributed by atoms with Gasteiger partial charge in [0.15, 0.2) is 6.10 Å². The van der Waals surface area contributed by atoms with Crippen molar-refractivity contribution >= 4 is 17.5 Å². The monoisotopic (exact) mass is 422 g/mol. The molecule has 1 aliphatic carbocycles. The maximum Gasteiger partial charge on any atom is 0.251 e. The van der Waals surface area contributed by atoms with Gasteiger partial charge in [-0.3, -0.25) is 19.8 Å². The van der Waals surface area contributed by atoms with Gasteiger partial charge < -0.3 is 10.2 Å². The van der Waals surface area contributed by atoms with E-state index < -0.39 is 11.8 Å². The molecule has 2 aliphatic rings. The average molecular weight is 422 g/mol. The average Bonchev–Trinajstić information content (AvgIpc) is 3.42. The maximum atomic E-state index is 12.6. The Kier molecular flexibility index (Phi) is 5.99. The van der Waals surface area contributed by atoms with E-state index in [1.54, 1.807) is 17.6 Å². The number of oxime groups is 1. The quantitative estimate of drug-likeness (QED) is 0.506. The summed E-state index contributed by atoms with van der Waals surface area (Å²) in [4.78, 5) is 34.4. The minimum absolute atomic E-state index is 0.201. The van der Waals surface area contributed by atoms with E-state index in [0.29, 0.717) is 24.8 Å². The molecule has 4 rings (SSSR count). The van der Waals surface area contributed by atoms with E-state index in [0.717, 1.165) is 34.6 Å². The summed E-state index contributed by atoms with van der Waals surface area (Å²) in [6.07, 6.45) is 2.64. The van der Waals surface area contributed by atoms with Gasteiger partial charge in [-0.25, -0.2) is 5.48 Å². The van der Waals surface area contributed by atoms with Gasteiger partial charge in [0.05, 0.1) is 11.6 Å². The van der Waals surface area contributed by atoms with E-state index in [2.05, 4.69) is 15.5 Å². The highest BCUT2D eigenvalue weighted by Gasteiger charge is 2.34. The van der Waals surface area contributed by atoms with Crippen LogP contribution >= 0.6 is 0 Å². The van der Waals surface area contributed by atoms with Crippen molar-refractivity contribution in [2.45, 2.75) is 51.7 Å². The number of carbonyl (C=O) groups excluding carboxylic acids is 2. The number of benzene rings is 1. The predicted molar refractivity (Wildman–Crippen MR) is 114 cm³/mol. The first-order valence-corrected chi connectivity index (χ1v) is 10.5. The van der Waals surface area contributed by atoms with Gasteiger partial charge >= 0.3 is 0 Å². The normalized spacial score (nSPS) is 22.5. The number of aromatic nitrogens is 1. The molecule has 0 spiro atoms. The van der Waals surface area contributed by atoms with Crippen LogP contribution in [0.25, 0.3) is 0 Å². The Morgan fingerprint density at radius 3 is 2.48 bits per heavy atom. The van der Waals surface area contributed by atoms with Crippen molar-refractivity contribution in [3.63, 3.8) is 0 Å². The number of rotatable bonds is 5. The van der Waals surface area contributed by atoms with Crippen molar-refractivity contribution in [2.75, 3.05) is 0 Å². The zero-order chi connectivity index (χ0) is 22.0. The molecule has 0 bridgehead atoms. The first kappa shape index (κ1) is 21.0. The van der Waals surface area contributed by atoms with E-state index in [1.165, 1.54) is 0 Å². The van der Waals surface area contributed by atoms with E-state index in [1.807, 2.05) is 38.1 Å². The summed E-state index contributed by atoms with van der Waals surface area (Å²) in [5.41, 5.74) is 6.93. The van der Waals surface area contributed by atoms with Gasteiger partial charge in [-0.05, 0) is 56.5 Å². The van der Waals surface area contributed by atoms with E-state index in [-0.39, 0.29) is 18.1 Å². The number of hydroxylamine groups is 1. The van der Waals surface area contributed by atoms with Crippen molar-refractivity contribution < 1.29 is 19.6 Å². The van der Waals surface area contributed by atoms with Crippen LogP contribution in [0.1, 0.15) is 64.7 Å².